The maximum atomic E-state index is 9.45. The van der Waals surface area contributed by atoms with Gasteiger partial charge in [0.05, 0.1) is 18.3 Å². The monoisotopic (exact) mass is 572 g/mol. The Hall–Kier alpha value is -2.02. The maximum Gasteiger partial charge on any atom is 0.106 e. The van der Waals surface area contributed by atoms with E-state index < -0.39 is 24.2 Å². The van der Waals surface area contributed by atoms with Crippen molar-refractivity contribution in [3.05, 3.63) is 70.3 Å². The van der Waals surface area contributed by atoms with E-state index in [1.165, 1.54) is 47.1 Å². The SMILES string of the molecule is CC(C)C(O)C(O)C(O)C(C)CO.CCC(O)CC.CCC1CC1.Cc1ccc(/C=C/c2cc(C)cc(C)c2)cc1. The van der Waals surface area contributed by atoms with Crippen LogP contribution in [0.5, 0.6) is 0 Å². The highest BCUT2D eigenvalue weighted by atomic mass is 16.4. The molecule has 0 aromatic heterocycles. The Bertz CT molecular complexity index is 925. The van der Waals surface area contributed by atoms with E-state index in [9.17, 15) is 15.3 Å². The van der Waals surface area contributed by atoms with E-state index in [0.717, 1.165) is 18.8 Å². The summed E-state index contributed by atoms with van der Waals surface area (Å²) in [6.07, 6.45) is 7.25. The molecular formula is C36H60O5. The van der Waals surface area contributed by atoms with Crippen LogP contribution in [0.1, 0.15) is 101 Å². The first-order valence-corrected chi connectivity index (χ1v) is 15.4. The highest BCUT2D eigenvalue weighted by Gasteiger charge is 2.30. The molecule has 1 aliphatic rings. The lowest BCUT2D eigenvalue weighted by atomic mass is 9.92. The van der Waals surface area contributed by atoms with Gasteiger partial charge in [-0.2, -0.15) is 0 Å². The van der Waals surface area contributed by atoms with Crippen LogP contribution in [0.25, 0.3) is 12.2 Å². The molecule has 2 aromatic carbocycles. The molecule has 1 saturated carbocycles. The summed E-state index contributed by atoms with van der Waals surface area (Å²) in [6.45, 7) is 17.5. The molecule has 0 aliphatic heterocycles. The van der Waals surface area contributed by atoms with Crippen LogP contribution in [-0.4, -0.2) is 56.6 Å². The Morgan fingerprint density at radius 1 is 0.683 bits per heavy atom. The van der Waals surface area contributed by atoms with Crippen LogP contribution in [-0.2, 0) is 0 Å². The molecule has 1 aliphatic carbocycles. The molecule has 0 heterocycles. The third-order valence-corrected chi connectivity index (χ3v) is 7.26. The quantitative estimate of drug-likeness (QED) is 0.195. The first-order chi connectivity index (χ1) is 19.3. The van der Waals surface area contributed by atoms with Crippen molar-refractivity contribution in [1.29, 1.82) is 0 Å². The molecule has 4 atom stereocenters. The Morgan fingerprint density at radius 2 is 1.17 bits per heavy atom. The second kappa shape index (κ2) is 21.6. The molecule has 0 bridgehead atoms. The van der Waals surface area contributed by atoms with Gasteiger partial charge in [0.2, 0.25) is 0 Å². The minimum absolute atomic E-state index is 0.0648. The van der Waals surface area contributed by atoms with Gasteiger partial charge >= 0.3 is 0 Å². The second-order valence-corrected chi connectivity index (χ2v) is 11.9. The van der Waals surface area contributed by atoms with Crippen LogP contribution in [0.2, 0.25) is 0 Å². The molecule has 2 aromatic rings. The summed E-state index contributed by atoms with van der Waals surface area (Å²) in [5.74, 6) is 0.592. The van der Waals surface area contributed by atoms with Crippen LogP contribution in [0, 0.1) is 38.5 Å². The molecule has 234 valence electrons. The Balaban J connectivity index is 0.000000584. The van der Waals surface area contributed by atoms with Gasteiger partial charge in [-0.1, -0.05) is 132 Å². The summed E-state index contributed by atoms with van der Waals surface area (Å²) in [5.41, 5.74) is 6.44. The first-order valence-electron chi connectivity index (χ1n) is 15.4. The summed E-state index contributed by atoms with van der Waals surface area (Å²) < 4.78 is 0. The molecular weight excluding hydrogens is 512 g/mol. The van der Waals surface area contributed by atoms with Gasteiger partial charge in [0, 0.05) is 12.5 Å². The van der Waals surface area contributed by atoms with E-state index in [4.69, 9.17) is 10.2 Å². The number of benzene rings is 2. The first kappa shape index (κ1) is 39.0. The zero-order valence-corrected chi connectivity index (χ0v) is 27.2. The Kier molecular flexibility index (Phi) is 20.6. The van der Waals surface area contributed by atoms with Crippen LogP contribution in [0.3, 0.4) is 0 Å². The average molecular weight is 573 g/mol. The van der Waals surface area contributed by atoms with Crippen molar-refractivity contribution in [3.63, 3.8) is 0 Å². The number of aryl methyl sites for hydroxylation is 3. The predicted molar refractivity (Wildman–Crippen MR) is 175 cm³/mol. The van der Waals surface area contributed by atoms with Crippen molar-refractivity contribution in [2.75, 3.05) is 6.61 Å². The number of hydrogen-bond donors (Lipinski definition) is 5. The molecule has 0 radical (unpaired) electrons. The zero-order valence-electron chi connectivity index (χ0n) is 27.2. The number of rotatable bonds is 10. The molecule has 0 spiro atoms. The van der Waals surface area contributed by atoms with Gasteiger partial charge in [-0.3, -0.25) is 0 Å². The molecule has 4 unspecified atom stereocenters. The van der Waals surface area contributed by atoms with Gasteiger partial charge in [-0.15, -0.1) is 0 Å². The highest BCUT2D eigenvalue weighted by molar-refractivity contribution is 5.70. The van der Waals surface area contributed by atoms with Crippen molar-refractivity contribution in [3.8, 4) is 0 Å². The zero-order chi connectivity index (χ0) is 31.5. The Morgan fingerprint density at radius 3 is 1.51 bits per heavy atom. The van der Waals surface area contributed by atoms with E-state index in [1.54, 1.807) is 20.8 Å². The molecule has 5 heteroatoms. The largest absolute Gasteiger partial charge is 0.396 e. The predicted octanol–water partition coefficient (Wildman–Crippen LogP) is 7.11. The fraction of sp³-hybridized carbons (Fsp3) is 0.611. The summed E-state index contributed by atoms with van der Waals surface area (Å²) in [6, 6.07) is 15.2. The molecule has 41 heavy (non-hydrogen) atoms. The van der Waals surface area contributed by atoms with E-state index in [-0.39, 0.29) is 18.6 Å². The summed E-state index contributed by atoms with van der Waals surface area (Å²) in [5, 5.41) is 45.7. The normalized spacial score (nSPS) is 15.6. The number of aliphatic hydroxyl groups is 5. The number of hydrogen-bond acceptors (Lipinski definition) is 5. The minimum atomic E-state index is -1.19. The van der Waals surface area contributed by atoms with Crippen molar-refractivity contribution < 1.29 is 25.5 Å². The molecule has 0 saturated heterocycles. The van der Waals surface area contributed by atoms with Crippen LogP contribution >= 0.6 is 0 Å². The molecule has 3 rings (SSSR count). The van der Waals surface area contributed by atoms with Crippen LogP contribution < -0.4 is 0 Å². The van der Waals surface area contributed by atoms with Gasteiger partial charge in [-0.25, -0.2) is 0 Å². The van der Waals surface area contributed by atoms with E-state index in [1.807, 2.05) is 13.8 Å². The van der Waals surface area contributed by atoms with E-state index in [2.05, 4.69) is 82.3 Å². The summed E-state index contributed by atoms with van der Waals surface area (Å²) in [7, 11) is 0. The average Bonchev–Trinajstić information content (AvgIpc) is 3.80. The third kappa shape index (κ3) is 18.2. The standard InChI is InChI=1S/C17H18.C9H20O4.C5H12O.C5H10/c1-13-4-6-16(7-5-13)8-9-17-11-14(2)10-15(3)12-17;1-5(2)7(11)9(13)8(12)6(3)4-10;1-3-5(6)4-2;1-2-5-3-4-5/h4-12H,1-3H3;5-13H,4H2,1-3H3;5-6H,3-4H2,1-2H3;5H,2-4H2,1H3/b9-8+;;;. The molecule has 0 amide bonds. The van der Waals surface area contributed by atoms with Gasteiger partial charge in [0.1, 0.15) is 6.10 Å². The second-order valence-electron chi connectivity index (χ2n) is 11.9. The van der Waals surface area contributed by atoms with Gasteiger partial charge < -0.3 is 25.5 Å². The lowest BCUT2D eigenvalue weighted by molar-refractivity contribution is -0.0979. The van der Waals surface area contributed by atoms with E-state index >= 15 is 0 Å². The van der Waals surface area contributed by atoms with Gasteiger partial charge in [0.15, 0.2) is 0 Å². The maximum absolute atomic E-state index is 9.45. The topological polar surface area (TPSA) is 101 Å². The highest BCUT2D eigenvalue weighted by Crippen LogP contribution is 2.31. The van der Waals surface area contributed by atoms with Gasteiger partial charge in [0.25, 0.3) is 0 Å². The van der Waals surface area contributed by atoms with Crippen LogP contribution in [0.15, 0.2) is 42.5 Å². The third-order valence-electron chi connectivity index (χ3n) is 7.26. The fourth-order valence-corrected chi connectivity index (χ4v) is 3.83. The lowest BCUT2D eigenvalue weighted by Gasteiger charge is -2.28. The summed E-state index contributed by atoms with van der Waals surface area (Å²) >= 11 is 0. The van der Waals surface area contributed by atoms with Crippen molar-refractivity contribution >= 4 is 12.2 Å². The number of aliphatic hydroxyl groups excluding tert-OH is 5. The fourth-order valence-electron chi connectivity index (χ4n) is 3.83. The van der Waals surface area contributed by atoms with Crippen LogP contribution in [0.4, 0.5) is 0 Å². The minimum Gasteiger partial charge on any atom is -0.396 e. The van der Waals surface area contributed by atoms with Crippen molar-refractivity contribution in [2.45, 2.75) is 119 Å². The molecule has 1 fully saturated rings. The lowest BCUT2D eigenvalue weighted by Crippen LogP contribution is -2.44. The smallest absolute Gasteiger partial charge is 0.106 e. The van der Waals surface area contributed by atoms with E-state index in [0.29, 0.717) is 0 Å². The van der Waals surface area contributed by atoms with Crippen molar-refractivity contribution in [2.24, 2.45) is 17.8 Å². The summed E-state index contributed by atoms with van der Waals surface area (Å²) in [4.78, 5) is 0. The van der Waals surface area contributed by atoms with Gasteiger partial charge in [-0.05, 0) is 56.6 Å². The molecule has 5 nitrogen and oxygen atoms in total. The Labute approximate surface area is 251 Å². The molecule has 5 N–H and O–H groups in total. The van der Waals surface area contributed by atoms with Crippen molar-refractivity contribution in [1.82, 2.24) is 0 Å².